The van der Waals surface area contributed by atoms with Gasteiger partial charge in [0.1, 0.15) is 5.75 Å². The van der Waals surface area contributed by atoms with Crippen LogP contribution in [0.1, 0.15) is 50.2 Å². The van der Waals surface area contributed by atoms with E-state index in [0.29, 0.717) is 26.1 Å². The molecule has 1 aromatic carbocycles. The van der Waals surface area contributed by atoms with E-state index in [4.69, 9.17) is 4.74 Å². The molecule has 1 heterocycles. The maximum Gasteiger partial charge on any atom is 0.230 e. The number of phenols is 1. The first kappa shape index (κ1) is 19.7. The van der Waals surface area contributed by atoms with Gasteiger partial charge in [0.25, 0.3) is 0 Å². The Hall–Kier alpha value is -2.08. The zero-order chi connectivity index (χ0) is 19.4. The second kappa shape index (κ2) is 8.74. The summed E-state index contributed by atoms with van der Waals surface area (Å²) >= 11 is 0. The van der Waals surface area contributed by atoms with Crippen LogP contribution >= 0.6 is 0 Å². The summed E-state index contributed by atoms with van der Waals surface area (Å²) in [5, 5.41) is 13.1. The van der Waals surface area contributed by atoms with Crippen LogP contribution in [-0.2, 0) is 20.7 Å². The second-order valence-electron chi connectivity index (χ2n) is 7.85. The summed E-state index contributed by atoms with van der Waals surface area (Å²) in [5.74, 6) is 0.386. The number of phenolic OH excluding ortho intramolecular Hbond substituents is 1. The molecule has 2 aliphatic rings. The van der Waals surface area contributed by atoms with Gasteiger partial charge in [-0.25, -0.2) is 0 Å². The maximum absolute atomic E-state index is 13.0. The van der Waals surface area contributed by atoms with Crippen LogP contribution < -0.4 is 5.32 Å². The van der Waals surface area contributed by atoms with Crippen LogP contribution in [0.2, 0.25) is 0 Å². The quantitative estimate of drug-likeness (QED) is 0.767. The number of fused-ring (bicyclic) bond motifs is 1. The Morgan fingerprint density at radius 3 is 2.93 bits per heavy atom. The van der Waals surface area contributed by atoms with Crippen molar-refractivity contribution in [3.63, 3.8) is 0 Å². The fraction of sp³-hybridized carbons (Fsp3) is 0.619. The van der Waals surface area contributed by atoms with Crippen molar-refractivity contribution in [1.82, 2.24) is 10.2 Å². The van der Waals surface area contributed by atoms with Crippen molar-refractivity contribution >= 4 is 11.8 Å². The van der Waals surface area contributed by atoms with Crippen LogP contribution in [0.15, 0.2) is 18.2 Å². The van der Waals surface area contributed by atoms with Crippen molar-refractivity contribution in [3.8, 4) is 5.75 Å². The van der Waals surface area contributed by atoms with Crippen LogP contribution in [0.3, 0.4) is 0 Å². The summed E-state index contributed by atoms with van der Waals surface area (Å²) in [6, 6.07) is 5.49. The average Bonchev–Trinajstić information content (AvgIpc) is 3.27. The summed E-state index contributed by atoms with van der Waals surface area (Å²) in [6.07, 6.45) is 3.00. The summed E-state index contributed by atoms with van der Waals surface area (Å²) < 4.78 is 5.39. The average molecular weight is 374 g/mol. The molecule has 2 atom stereocenters. The van der Waals surface area contributed by atoms with Gasteiger partial charge < -0.3 is 20.1 Å². The Labute approximate surface area is 160 Å². The minimum Gasteiger partial charge on any atom is -0.508 e. The number of hydrogen-bond donors (Lipinski definition) is 2. The summed E-state index contributed by atoms with van der Waals surface area (Å²) in [5.41, 5.74) is 1.89. The second-order valence-corrected chi connectivity index (χ2v) is 7.85. The van der Waals surface area contributed by atoms with Gasteiger partial charge in [0, 0.05) is 31.6 Å². The minimum atomic E-state index is -0.234. The van der Waals surface area contributed by atoms with Crippen LogP contribution in [0.5, 0.6) is 5.75 Å². The molecule has 6 nitrogen and oxygen atoms in total. The number of nitrogens with zero attached hydrogens (tertiary/aromatic N) is 1. The molecule has 148 valence electrons. The lowest BCUT2D eigenvalue weighted by atomic mass is 9.99. The van der Waals surface area contributed by atoms with Gasteiger partial charge in [0.15, 0.2) is 0 Å². The van der Waals surface area contributed by atoms with Gasteiger partial charge in [-0.3, -0.25) is 9.59 Å². The number of benzene rings is 1. The number of aryl methyl sites for hydroxylation is 1. The number of carbonyl (C=O) groups excluding carboxylic acids is 2. The lowest BCUT2D eigenvalue weighted by molar-refractivity contribution is -0.131. The molecule has 2 N–H and O–H groups in total. The fourth-order valence-electron chi connectivity index (χ4n) is 4.06. The molecule has 0 bridgehead atoms. The number of likely N-dealkylation sites (tertiary alicyclic amines) is 1. The molecule has 1 saturated heterocycles. The Kier molecular flexibility index (Phi) is 6.37. The van der Waals surface area contributed by atoms with E-state index < -0.39 is 0 Å². The Morgan fingerprint density at radius 1 is 1.33 bits per heavy atom. The van der Waals surface area contributed by atoms with Gasteiger partial charge in [0.2, 0.25) is 11.8 Å². The minimum absolute atomic E-state index is 0.00457. The normalized spacial score (nSPS) is 21.5. The molecule has 0 saturated carbocycles. The predicted molar refractivity (Wildman–Crippen MR) is 103 cm³/mol. The van der Waals surface area contributed by atoms with Crippen molar-refractivity contribution in [1.29, 1.82) is 0 Å². The van der Waals surface area contributed by atoms with Crippen molar-refractivity contribution in [2.45, 2.75) is 51.6 Å². The highest BCUT2D eigenvalue weighted by molar-refractivity contribution is 5.86. The van der Waals surface area contributed by atoms with Gasteiger partial charge in [0.05, 0.1) is 18.6 Å². The molecule has 0 aromatic heterocycles. The summed E-state index contributed by atoms with van der Waals surface area (Å²) in [7, 11) is 0. The monoisotopic (exact) mass is 374 g/mol. The van der Waals surface area contributed by atoms with E-state index in [9.17, 15) is 14.7 Å². The third-order valence-electron chi connectivity index (χ3n) is 5.49. The standard InChI is InChI=1S/C21H30N2O4/c1-14(2)27-11-9-19(25)22-12-15-8-10-23(13-15)21(26)17-7-6-16-4-3-5-18(24)20(16)17/h3-5,14-15,17,24H,6-13H2,1-2H3,(H,22,25)/t15-,17?/m1/s1. The fourth-order valence-corrected chi connectivity index (χ4v) is 4.06. The first-order valence-electron chi connectivity index (χ1n) is 9.93. The molecule has 0 radical (unpaired) electrons. The van der Waals surface area contributed by atoms with Gasteiger partial charge in [-0.2, -0.15) is 0 Å². The van der Waals surface area contributed by atoms with Crippen molar-refractivity contribution in [2.24, 2.45) is 5.92 Å². The first-order valence-corrected chi connectivity index (χ1v) is 9.93. The third kappa shape index (κ3) is 4.80. The zero-order valence-electron chi connectivity index (χ0n) is 16.2. The molecule has 6 heteroatoms. The van der Waals surface area contributed by atoms with Crippen LogP contribution in [0.25, 0.3) is 0 Å². The summed E-state index contributed by atoms with van der Waals surface area (Å²) in [4.78, 5) is 26.7. The lowest BCUT2D eigenvalue weighted by Crippen LogP contribution is -2.35. The maximum atomic E-state index is 13.0. The van der Waals surface area contributed by atoms with E-state index in [0.717, 1.165) is 36.9 Å². The molecule has 1 aliphatic heterocycles. The highest BCUT2D eigenvalue weighted by atomic mass is 16.5. The smallest absolute Gasteiger partial charge is 0.230 e. The van der Waals surface area contributed by atoms with Gasteiger partial charge >= 0.3 is 0 Å². The molecule has 27 heavy (non-hydrogen) atoms. The van der Waals surface area contributed by atoms with Crippen LogP contribution in [0.4, 0.5) is 0 Å². The number of rotatable bonds is 7. The Bertz CT molecular complexity index is 689. The number of amides is 2. The topological polar surface area (TPSA) is 78.9 Å². The number of ether oxygens (including phenoxy) is 1. The zero-order valence-corrected chi connectivity index (χ0v) is 16.2. The van der Waals surface area contributed by atoms with Gasteiger partial charge in [-0.05, 0) is 50.7 Å². The van der Waals surface area contributed by atoms with E-state index in [1.54, 1.807) is 6.07 Å². The molecule has 2 amide bonds. The van der Waals surface area contributed by atoms with Gasteiger partial charge in [-0.1, -0.05) is 12.1 Å². The first-order chi connectivity index (χ1) is 13.0. The predicted octanol–water partition coefficient (Wildman–Crippen LogP) is 2.20. The van der Waals surface area contributed by atoms with Crippen LogP contribution in [0, 0.1) is 5.92 Å². The number of hydrogen-bond acceptors (Lipinski definition) is 4. The number of carbonyl (C=O) groups is 2. The van der Waals surface area contributed by atoms with Crippen molar-refractivity contribution < 1.29 is 19.4 Å². The van der Waals surface area contributed by atoms with E-state index in [1.807, 2.05) is 30.9 Å². The molecule has 0 spiro atoms. The van der Waals surface area contributed by atoms with Gasteiger partial charge in [-0.15, -0.1) is 0 Å². The van der Waals surface area contributed by atoms with E-state index in [2.05, 4.69) is 5.32 Å². The lowest BCUT2D eigenvalue weighted by Gasteiger charge is -2.22. The Morgan fingerprint density at radius 2 is 2.15 bits per heavy atom. The van der Waals surface area contributed by atoms with E-state index in [1.165, 1.54) is 0 Å². The third-order valence-corrected chi connectivity index (χ3v) is 5.49. The van der Waals surface area contributed by atoms with Crippen molar-refractivity contribution in [3.05, 3.63) is 29.3 Å². The van der Waals surface area contributed by atoms with Crippen LogP contribution in [-0.4, -0.2) is 54.2 Å². The van der Waals surface area contributed by atoms with Crippen molar-refractivity contribution in [2.75, 3.05) is 26.2 Å². The molecule has 1 aliphatic carbocycles. The molecule has 1 aromatic rings. The summed E-state index contributed by atoms with van der Waals surface area (Å²) in [6.45, 7) is 6.31. The SMILES string of the molecule is CC(C)OCCC(=O)NC[C@H]1CCN(C(=O)C2CCc3cccc(O)c32)C1. The largest absolute Gasteiger partial charge is 0.508 e. The molecule has 1 unspecified atom stereocenters. The molecular formula is C21H30N2O4. The van der Waals surface area contributed by atoms with E-state index in [-0.39, 0.29) is 35.5 Å². The molecule has 3 rings (SSSR count). The molecule has 1 fully saturated rings. The highest BCUT2D eigenvalue weighted by Gasteiger charge is 2.36. The van der Waals surface area contributed by atoms with E-state index >= 15 is 0 Å². The number of aromatic hydroxyl groups is 1. The Balaban J connectivity index is 1.46. The molecular weight excluding hydrogens is 344 g/mol. The number of nitrogens with one attached hydrogen (secondary N) is 1. The highest BCUT2D eigenvalue weighted by Crippen LogP contribution is 2.40.